The lowest BCUT2D eigenvalue weighted by Gasteiger charge is -2.19. The molecule has 2 aromatic rings. The Morgan fingerprint density at radius 1 is 1.29 bits per heavy atom. The van der Waals surface area contributed by atoms with Crippen LogP contribution in [-0.4, -0.2) is 44.9 Å². The molecule has 0 atom stereocenters. The van der Waals surface area contributed by atoms with E-state index < -0.39 is 5.97 Å². The number of carbonyl (C=O) groups is 2. The van der Waals surface area contributed by atoms with Gasteiger partial charge in [-0.15, -0.1) is 5.10 Å². The summed E-state index contributed by atoms with van der Waals surface area (Å²) in [4.78, 5) is 23.9. The van der Waals surface area contributed by atoms with Gasteiger partial charge in [0.1, 0.15) is 0 Å². The van der Waals surface area contributed by atoms with Gasteiger partial charge in [-0.25, -0.2) is 9.48 Å². The van der Waals surface area contributed by atoms with Gasteiger partial charge in [0.2, 0.25) is 11.1 Å². The average Bonchev–Trinajstić information content (AvgIpc) is 3.01. The largest absolute Gasteiger partial charge is 0.465 e. The fourth-order valence-corrected chi connectivity index (χ4v) is 2.75. The van der Waals surface area contributed by atoms with Gasteiger partial charge in [0.25, 0.3) is 0 Å². The van der Waals surface area contributed by atoms with Gasteiger partial charge in [0.15, 0.2) is 0 Å². The molecule has 0 radical (unpaired) electrons. The number of hydrogen-bond donors (Lipinski definition) is 1. The van der Waals surface area contributed by atoms with Crippen LogP contribution in [0.3, 0.4) is 0 Å². The van der Waals surface area contributed by atoms with Crippen LogP contribution < -0.4 is 5.32 Å². The maximum atomic E-state index is 12.2. The molecule has 1 aromatic heterocycles. The van der Waals surface area contributed by atoms with Crippen LogP contribution in [0.15, 0.2) is 29.4 Å². The Balaban J connectivity index is 2.03. The highest BCUT2D eigenvalue weighted by molar-refractivity contribution is 7.99. The molecule has 1 heterocycles. The fraction of sp³-hybridized carbons (Fsp3) is 0.400. The molecule has 0 spiro atoms. The second kappa shape index (κ2) is 7.43. The van der Waals surface area contributed by atoms with Crippen LogP contribution in [0.2, 0.25) is 0 Å². The first-order valence-electron chi connectivity index (χ1n) is 7.22. The third-order valence-corrected chi connectivity index (χ3v) is 3.93. The number of methoxy groups -OCH3 is 1. The average molecular weight is 349 g/mol. The van der Waals surface area contributed by atoms with E-state index in [-0.39, 0.29) is 17.2 Å². The van der Waals surface area contributed by atoms with Crippen molar-refractivity contribution < 1.29 is 14.3 Å². The van der Waals surface area contributed by atoms with E-state index in [4.69, 9.17) is 4.74 Å². The maximum absolute atomic E-state index is 12.2. The van der Waals surface area contributed by atoms with E-state index in [0.717, 1.165) is 0 Å². The minimum absolute atomic E-state index is 0.117. The number of hydrogen-bond acceptors (Lipinski definition) is 7. The van der Waals surface area contributed by atoms with E-state index in [1.165, 1.54) is 18.9 Å². The van der Waals surface area contributed by atoms with Crippen LogP contribution >= 0.6 is 11.8 Å². The highest BCUT2D eigenvalue weighted by atomic mass is 32.2. The van der Waals surface area contributed by atoms with Gasteiger partial charge in [-0.1, -0.05) is 23.9 Å². The lowest BCUT2D eigenvalue weighted by molar-refractivity contribution is -0.113. The summed E-state index contributed by atoms with van der Waals surface area (Å²) >= 11 is 1.23. The van der Waals surface area contributed by atoms with Gasteiger partial charge in [-0.05, 0) is 43.3 Å². The van der Waals surface area contributed by atoms with Gasteiger partial charge in [-0.3, -0.25) is 4.79 Å². The van der Waals surface area contributed by atoms with E-state index in [0.29, 0.717) is 16.4 Å². The Morgan fingerprint density at radius 2 is 2.00 bits per heavy atom. The van der Waals surface area contributed by atoms with Crippen molar-refractivity contribution in [2.24, 2.45) is 0 Å². The number of esters is 1. The number of amides is 1. The second-order valence-electron chi connectivity index (χ2n) is 5.92. The van der Waals surface area contributed by atoms with Gasteiger partial charge in [-0.2, -0.15) is 0 Å². The third-order valence-electron chi connectivity index (χ3n) is 3.02. The number of carbonyl (C=O) groups excluding carboxylic acids is 2. The van der Waals surface area contributed by atoms with Crippen molar-refractivity contribution in [2.45, 2.75) is 31.5 Å². The summed E-state index contributed by atoms with van der Waals surface area (Å²) in [6.07, 6.45) is 0. The molecule has 128 valence electrons. The quantitative estimate of drug-likeness (QED) is 0.650. The predicted octanol–water partition coefficient (Wildman–Crippen LogP) is 1.95. The molecule has 1 amide bonds. The maximum Gasteiger partial charge on any atom is 0.339 e. The van der Waals surface area contributed by atoms with Crippen LogP contribution in [-0.2, 0) is 15.1 Å². The first kappa shape index (κ1) is 17.9. The van der Waals surface area contributed by atoms with Crippen molar-refractivity contribution in [3.05, 3.63) is 29.8 Å². The van der Waals surface area contributed by atoms with Gasteiger partial charge in [0.05, 0.1) is 29.7 Å². The molecule has 8 nitrogen and oxygen atoms in total. The number of nitrogens with zero attached hydrogens (tertiary/aromatic N) is 4. The first-order chi connectivity index (χ1) is 11.3. The Morgan fingerprint density at radius 3 is 2.67 bits per heavy atom. The van der Waals surface area contributed by atoms with Crippen molar-refractivity contribution in [1.29, 1.82) is 0 Å². The molecule has 0 saturated heterocycles. The van der Waals surface area contributed by atoms with E-state index >= 15 is 0 Å². The zero-order valence-corrected chi connectivity index (χ0v) is 14.8. The van der Waals surface area contributed by atoms with E-state index in [1.807, 2.05) is 20.8 Å². The summed E-state index contributed by atoms with van der Waals surface area (Å²) in [6.45, 7) is 5.92. The lowest BCUT2D eigenvalue weighted by Crippen LogP contribution is -2.25. The molecule has 0 aliphatic carbocycles. The molecule has 0 fully saturated rings. The van der Waals surface area contributed by atoms with E-state index in [9.17, 15) is 9.59 Å². The number of ether oxygens (including phenoxy) is 1. The number of para-hydroxylation sites is 1. The monoisotopic (exact) mass is 349 g/mol. The summed E-state index contributed by atoms with van der Waals surface area (Å²) in [5.74, 6) is -0.651. The summed E-state index contributed by atoms with van der Waals surface area (Å²) in [5.41, 5.74) is 0.433. The van der Waals surface area contributed by atoms with Crippen molar-refractivity contribution >= 4 is 29.3 Å². The van der Waals surface area contributed by atoms with E-state index in [1.54, 1.807) is 28.9 Å². The topological polar surface area (TPSA) is 99.0 Å². The molecule has 0 bridgehead atoms. The fourth-order valence-electron chi connectivity index (χ4n) is 1.89. The Hall–Kier alpha value is -2.42. The van der Waals surface area contributed by atoms with Crippen molar-refractivity contribution in [3.8, 4) is 0 Å². The minimum atomic E-state index is -0.504. The number of rotatable bonds is 5. The number of benzene rings is 1. The Labute approximate surface area is 144 Å². The molecule has 0 saturated carbocycles. The molecule has 0 unspecified atom stereocenters. The predicted molar refractivity (Wildman–Crippen MR) is 89.9 cm³/mol. The number of nitrogens with one attached hydrogen (secondary N) is 1. The summed E-state index contributed by atoms with van der Waals surface area (Å²) < 4.78 is 6.37. The van der Waals surface area contributed by atoms with Gasteiger partial charge >= 0.3 is 5.97 Å². The number of thioether (sulfide) groups is 1. The lowest BCUT2D eigenvalue weighted by atomic mass is 10.1. The molecule has 1 N–H and O–H groups in total. The van der Waals surface area contributed by atoms with E-state index in [2.05, 4.69) is 20.8 Å². The molecular formula is C15H19N5O3S. The number of aromatic nitrogens is 4. The Bertz CT molecular complexity index is 739. The highest BCUT2D eigenvalue weighted by Gasteiger charge is 2.21. The molecule has 0 aliphatic heterocycles. The van der Waals surface area contributed by atoms with Crippen LogP contribution in [0, 0.1) is 0 Å². The van der Waals surface area contributed by atoms with Crippen molar-refractivity contribution in [2.75, 3.05) is 18.2 Å². The highest BCUT2D eigenvalue weighted by Crippen LogP contribution is 2.22. The van der Waals surface area contributed by atoms with Crippen LogP contribution in [0.4, 0.5) is 5.69 Å². The van der Waals surface area contributed by atoms with Gasteiger partial charge in [0, 0.05) is 0 Å². The number of anilines is 1. The SMILES string of the molecule is COC(=O)c1ccccc1NC(=O)CSc1nnnn1C(C)(C)C. The first-order valence-corrected chi connectivity index (χ1v) is 8.20. The molecule has 0 aliphatic rings. The summed E-state index contributed by atoms with van der Waals surface area (Å²) in [6, 6.07) is 6.67. The number of tetrazole rings is 1. The summed E-state index contributed by atoms with van der Waals surface area (Å²) in [7, 11) is 1.29. The smallest absolute Gasteiger partial charge is 0.339 e. The van der Waals surface area contributed by atoms with Crippen molar-refractivity contribution in [3.63, 3.8) is 0 Å². The van der Waals surface area contributed by atoms with Crippen LogP contribution in [0.5, 0.6) is 0 Å². The molecule has 24 heavy (non-hydrogen) atoms. The Kier molecular flexibility index (Phi) is 5.55. The molecule has 9 heteroatoms. The summed E-state index contributed by atoms with van der Waals surface area (Å²) in [5, 5.41) is 14.8. The minimum Gasteiger partial charge on any atom is -0.465 e. The van der Waals surface area contributed by atoms with Crippen LogP contribution in [0.25, 0.3) is 0 Å². The molecular weight excluding hydrogens is 330 g/mol. The zero-order valence-electron chi connectivity index (χ0n) is 13.9. The standard InChI is InChI=1S/C15H19N5O3S/c1-15(2,3)20-14(17-18-19-20)24-9-12(21)16-11-8-6-5-7-10(11)13(22)23-4/h5-8H,9H2,1-4H3,(H,16,21). The zero-order chi connectivity index (χ0) is 17.7. The normalized spacial score (nSPS) is 11.2. The van der Waals surface area contributed by atoms with Crippen molar-refractivity contribution in [1.82, 2.24) is 20.2 Å². The van der Waals surface area contributed by atoms with Crippen LogP contribution in [0.1, 0.15) is 31.1 Å². The molecule has 1 aromatic carbocycles. The van der Waals surface area contributed by atoms with Gasteiger partial charge < -0.3 is 10.1 Å². The third kappa shape index (κ3) is 4.31. The molecule has 2 rings (SSSR count). The second-order valence-corrected chi connectivity index (χ2v) is 6.86.